The summed E-state index contributed by atoms with van der Waals surface area (Å²) in [7, 11) is 0. The molecule has 0 saturated carbocycles. The Morgan fingerprint density at radius 2 is 2.14 bits per heavy atom. The SMILES string of the molecule is C[C@H](Sc1nc2c(cnn2CCO)c(=O)[nH]1)c1ccccc1. The molecule has 114 valence electrons. The Hall–Kier alpha value is -2.12. The molecule has 2 N–H and O–H groups in total. The maximum Gasteiger partial charge on any atom is 0.262 e. The van der Waals surface area contributed by atoms with Gasteiger partial charge in [-0.15, -0.1) is 0 Å². The summed E-state index contributed by atoms with van der Waals surface area (Å²) in [5.41, 5.74) is 1.46. The van der Waals surface area contributed by atoms with Gasteiger partial charge in [-0.1, -0.05) is 42.1 Å². The molecular weight excluding hydrogens is 300 g/mol. The van der Waals surface area contributed by atoms with E-state index >= 15 is 0 Å². The maximum atomic E-state index is 12.1. The Morgan fingerprint density at radius 3 is 2.86 bits per heavy atom. The van der Waals surface area contributed by atoms with E-state index in [9.17, 15) is 4.79 Å². The molecule has 0 bridgehead atoms. The molecule has 1 aromatic carbocycles. The number of aliphatic hydroxyl groups excluding tert-OH is 1. The van der Waals surface area contributed by atoms with Gasteiger partial charge >= 0.3 is 0 Å². The van der Waals surface area contributed by atoms with Crippen molar-refractivity contribution in [3.63, 3.8) is 0 Å². The first-order chi connectivity index (χ1) is 10.7. The second kappa shape index (κ2) is 6.33. The predicted molar refractivity (Wildman–Crippen MR) is 85.9 cm³/mol. The van der Waals surface area contributed by atoms with Crippen molar-refractivity contribution < 1.29 is 5.11 Å². The van der Waals surface area contributed by atoms with Gasteiger partial charge in [0.1, 0.15) is 5.39 Å². The number of nitrogens with one attached hydrogen (secondary N) is 1. The van der Waals surface area contributed by atoms with Crippen LogP contribution in [0.5, 0.6) is 0 Å². The lowest BCUT2D eigenvalue weighted by molar-refractivity contribution is 0.271. The van der Waals surface area contributed by atoms with Crippen molar-refractivity contribution in [2.24, 2.45) is 0 Å². The molecule has 0 aliphatic heterocycles. The lowest BCUT2D eigenvalue weighted by Gasteiger charge is -2.10. The molecule has 7 heteroatoms. The minimum Gasteiger partial charge on any atom is -0.394 e. The summed E-state index contributed by atoms with van der Waals surface area (Å²) in [4.78, 5) is 19.4. The van der Waals surface area contributed by atoms with Crippen molar-refractivity contribution in [3.05, 3.63) is 52.4 Å². The van der Waals surface area contributed by atoms with Crippen LogP contribution in [0.25, 0.3) is 11.0 Å². The largest absolute Gasteiger partial charge is 0.394 e. The van der Waals surface area contributed by atoms with Crippen molar-refractivity contribution in [2.75, 3.05) is 6.61 Å². The number of nitrogens with zero attached hydrogens (tertiary/aromatic N) is 3. The highest BCUT2D eigenvalue weighted by Gasteiger charge is 2.13. The minimum atomic E-state index is -0.211. The van der Waals surface area contributed by atoms with Crippen molar-refractivity contribution in [3.8, 4) is 0 Å². The Labute approximate surface area is 131 Å². The van der Waals surface area contributed by atoms with E-state index in [0.717, 1.165) is 0 Å². The van der Waals surface area contributed by atoms with E-state index in [4.69, 9.17) is 5.11 Å². The molecule has 0 aliphatic rings. The number of aromatic amines is 1. The lowest BCUT2D eigenvalue weighted by Crippen LogP contribution is -2.11. The molecule has 0 unspecified atom stereocenters. The number of aliphatic hydroxyl groups is 1. The number of thioether (sulfide) groups is 1. The Morgan fingerprint density at radius 1 is 1.36 bits per heavy atom. The fourth-order valence-corrected chi connectivity index (χ4v) is 3.14. The van der Waals surface area contributed by atoms with Crippen LogP contribution >= 0.6 is 11.8 Å². The van der Waals surface area contributed by atoms with Crippen LogP contribution in [-0.4, -0.2) is 31.5 Å². The van der Waals surface area contributed by atoms with E-state index < -0.39 is 0 Å². The second-order valence-corrected chi connectivity index (χ2v) is 6.20. The molecule has 0 fully saturated rings. The van der Waals surface area contributed by atoms with Crippen LogP contribution in [0.4, 0.5) is 0 Å². The van der Waals surface area contributed by atoms with E-state index in [1.165, 1.54) is 23.5 Å². The average Bonchev–Trinajstić information content (AvgIpc) is 2.92. The van der Waals surface area contributed by atoms with E-state index in [1.54, 1.807) is 4.68 Å². The van der Waals surface area contributed by atoms with Crippen molar-refractivity contribution in [1.29, 1.82) is 0 Å². The van der Waals surface area contributed by atoms with E-state index in [2.05, 4.69) is 22.0 Å². The van der Waals surface area contributed by atoms with Crippen LogP contribution in [0.3, 0.4) is 0 Å². The smallest absolute Gasteiger partial charge is 0.262 e. The normalized spacial score (nSPS) is 12.6. The Bertz CT molecular complexity index is 828. The molecule has 0 amide bonds. The topological polar surface area (TPSA) is 83.8 Å². The molecule has 2 aromatic heterocycles. The molecule has 0 radical (unpaired) electrons. The molecule has 3 aromatic rings. The molecule has 6 nitrogen and oxygen atoms in total. The lowest BCUT2D eigenvalue weighted by atomic mass is 10.2. The van der Waals surface area contributed by atoms with Gasteiger partial charge in [-0.3, -0.25) is 4.79 Å². The highest BCUT2D eigenvalue weighted by molar-refractivity contribution is 7.99. The fraction of sp³-hybridized carbons (Fsp3) is 0.267. The zero-order chi connectivity index (χ0) is 15.5. The molecule has 1 atom stereocenters. The maximum absolute atomic E-state index is 12.1. The number of H-pyrrole nitrogens is 1. The summed E-state index contributed by atoms with van der Waals surface area (Å²) < 4.78 is 1.54. The number of aromatic nitrogens is 4. The number of benzene rings is 1. The third kappa shape index (κ3) is 2.90. The van der Waals surface area contributed by atoms with Crippen molar-refractivity contribution >= 4 is 22.8 Å². The minimum absolute atomic E-state index is 0.0475. The highest BCUT2D eigenvalue weighted by atomic mass is 32.2. The summed E-state index contributed by atoms with van der Waals surface area (Å²) in [5.74, 6) is 0. The molecule has 0 aliphatic carbocycles. The van der Waals surface area contributed by atoms with E-state index in [0.29, 0.717) is 22.7 Å². The quantitative estimate of drug-likeness (QED) is 0.555. The molecular formula is C15H16N4O2S. The van der Waals surface area contributed by atoms with E-state index in [-0.39, 0.29) is 17.4 Å². The third-order valence-electron chi connectivity index (χ3n) is 3.35. The van der Waals surface area contributed by atoms with Crippen LogP contribution in [0.2, 0.25) is 0 Å². The van der Waals surface area contributed by atoms with Crippen LogP contribution in [-0.2, 0) is 6.54 Å². The predicted octanol–water partition coefficient (Wildman–Crippen LogP) is 1.97. The zero-order valence-corrected chi connectivity index (χ0v) is 12.9. The van der Waals surface area contributed by atoms with Crippen LogP contribution in [0.1, 0.15) is 17.7 Å². The van der Waals surface area contributed by atoms with Gasteiger partial charge in [-0.25, -0.2) is 9.67 Å². The molecule has 2 heterocycles. The number of rotatable bonds is 5. The first kappa shape index (κ1) is 14.8. The molecule has 22 heavy (non-hydrogen) atoms. The number of fused-ring (bicyclic) bond motifs is 1. The standard InChI is InChI=1S/C15H16N4O2S/c1-10(11-5-3-2-4-6-11)22-15-17-13-12(14(21)18-15)9-16-19(13)7-8-20/h2-6,9-10,20H,7-8H2,1H3,(H,17,18,21)/t10-/m0/s1. The summed E-state index contributed by atoms with van der Waals surface area (Å²) in [6.07, 6.45) is 1.48. The molecule has 0 saturated heterocycles. The fourth-order valence-electron chi connectivity index (χ4n) is 2.22. The van der Waals surface area contributed by atoms with Crippen LogP contribution < -0.4 is 5.56 Å². The van der Waals surface area contributed by atoms with Gasteiger partial charge in [0.2, 0.25) is 0 Å². The van der Waals surface area contributed by atoms with Crippen LogP contribution in [0, 0.1) is 0 Å². The van der Waals surface area contributed by atoms with Gasteiger partial charge in [0.05, 0.1) is 19.3 Å². The average molecular weight is 316 g/mol. The van der Waals surface area contributed by atoms with Gasteiger partial charge in [-0.05, 0) is 12.5 Å². The van der Waals surface area contributed by atoms with Gasteiger partial charge in [0.15, 0.2) is 10.8 Å². The second-order valence-electron chi connectivity index (χ2n) is 4.87. The van der Waals surface area contributed by atoms with Crippen molar-refractivity contribution in [1.82, 2.24) is 19.7 Å². The summed E-state index contributed by atoms with van der Waals surface area (Å²) in [5, 5.41) is 14.3. The van der Waals surface area contributed by atoms with Gasteiger partial charge in [0.25, 0.3) is 5.56 Å². The number of hydrogen-bond donors (Lipinski definition) is 2. The van der Waals surface area contributed by atoms with Crippen LogP contribution in [0.15, 0.2) is 46.5 Å². The molecule has 0 spiro atoms. The van der Waals surface area contributed by atoms with Gasteiger partial charge in [-0.2, -0.15) is 5.10 Å². The summed E-state index contributed by atoms with van der Waals surface area (Å²) >= 11 is 1.49. The summed E-state index contributed by atoms with van der Waals surface area (Å²) in [6, 6.07) is 10.0. The monoisotopic (exact) mass is 316 g/mol. The first-order valence-electron chi connectivity index (χ1n) is 6.97. The summed E-state index contributed by atoms with van der Waals surface area (Å²) in [6.45, 7) is 2.33. The van der Waals surface area contributed by atoms with Gasteiger partial charge in [0, 0.05) is 5.25 Å². The Kier molecular flexibility index (Phi) is 4.26. The Balaban J connectivity index is 1.94. The first-order valence-corrected chi connectivity index (χ1v) is 7.85. The molecule has 3 rings (SSSR count). The highest BCUT2D eigenvalue weighted by Crippen LogP contribution is 2.32. The van der Waals surface area contributed by atoms with Gasteiger partial charge < -0.3 is 10.1 Å². The third-order valence-corrected chi connectivity index (χ3v) is 4.40. The number of hydrogen-bond acceptors (Lipinski definition) is 5. The van der Waals surface area contributed by atoms with E-state index in [1.807, 2.05) is 30.3 Å². The van der Waals surface area contributed by atoms with Crippen molar-refractivity contribution in [2.45, 2.75) is 23.9 Å². The zero-order valence-electron chi connectivity index (χ0n) is 12.1.